The van der Waals surface area contributed by atoms with Gasteiger partial charge in [-0.3, -0.25) is 0 Å². The fourth-order valence-electron chi connectivity index (χ4n) is 1.27. The van der Waals surface area contributed by atoms with Crippen LogP contribution in [0.3, 0.4) is 0 Å². The quantitative estimate of drug-likeness (QED) is 0.702. The van der Waals surface area contributed by atoms with Crippen LogP contribution in [0, 0.1) is 0 Å². The molecule has 4 heteroatoms. The van der Waals surface area contributed by atoms with Crippen LogP contribution in [0.4, 0.5) is 0 Å². The molecule has 1 aliphatic rings. The van der Waals surface area contributed by atoms with Gasteiger partial charge in [0.05, 0.1) is 6.61 Å². The fourth-order valence-corrected chi connectivity index (χ4v) is 1.74. The third kappa shape index (κ3) is 3.80. The molecule has 1 N–H and O–H groups in total. The summed E-state index contributed by atoms with van der Waals surface area (Å²) in [6, 6.07) is 1.06. The van der Waals surface area contributed by atoms with Gasteiger partial charge < -0.3 is 15.0 Å². The highest BCUT2D eigenvalue weighted by molar-refractivity contribution is 7.80. The predicted octanol–water partition coefficient (Wildman–Crippen LogP) is 1.38. The Bertz CT molecular complexity index is 193. The van der Waals surface area contributed by atoms with Gasteiger partial charge in [0.15, 0.2) is 5.11 Å². The molecule has 0 radical (unpaired) electrons. The van der Waals surface area contributed by atoms with Crippen LogP contribution < -0.4 is 5.32 Å². The van der Waals surface area contributed by atoms with Gasteiger partial charge in [0.1, 0.15) is 0 Å². The molecule has 82 valence electrons. The van der Waals surface area contributed by atoms with Crippen LogP contribution in [-0.4, -0.2) is 42.4 Å². The Morgan fingerprint density at radius 2 is 2.21 bits per heavy atom. The van der Waals surface area contributed by atoms with Gasteiger partial charge in [0.25, 0.3) is 0 Å². The molecule has 14 heavy (non-hydrogen) atoms. The molecule has 0 aromatic rings. The Kier molecular flexibility index (Phi) is 4.62. The zero-order valence-corrected chi connectivity index (χ0v) is 10.1. The lowest BCUT2D eigenvalue weighted by molar-refractivity contribution is 0.166. The SMILES string of the molecule is COCCN(C(=S)NC1CC1)C(C)C. The minimum Gasteiger partial charge on any atom is -0.383 e. The van der Waals surface area contributed by atoms with Crippen LogP contribution in [0.25, 0.3) is 0 Å². The maximum atomic E-state index is 5.34. The Hall–Kier alpha value is -0.350. The lowest BCUT2D eigenvalue weighted by Crippen LogP contribution is -2.46. The summed E-state index contributed by atoms with van der Waals surface area (Å²) in [4.78, 5) is 2.18. The summed E-state index contributed by atoms with van der Waals surface area (Å²) in [5.74, 6) is 0. The largest absolute Gasteiger partial charge is 0.383 e. The number of hydrogen-bond acceptors (Lipinski definition) is 2. The van der Waals surface area contributed by atoms with Crippen LogP contribution in [0.1, 0.15) is 26.7 Å². The first-order chi connectivity index (χ1) is 6.65. The van der Waals surface area contributed by atoms with Gasteiger partial charge in [-0.1, -0.05) is 0 Å². The lowest BCUT2D eigenvalue weighted by atomic mass is 10.3. The number of rotatable bonds is 5. The number of nitrogens with zero attached hydrogens (tertiary/aromatic N) is 1. The monoisotopic (exact) mass is 216 g/mol. The van der Waals surface area contributed by atoms with Crippen molar-refractivity contribution in [2.45, 2.75) is 38.8 Å². The van der Waals surface area contributed by atoms with Crippen molar-refractivity contribution in [3.8, 4) is 0 Å². The average molecular weight is 216 g/mol. The molecule has 1 rings (SSSR count). The highest BCUT2D eigenvalue weighted by Gasteiger charge is 2.24. The van der Waals surface area contributed by atoms with Crippen molar-refractivity contribution in [2.24, 2.45) is 0 Å². The number of nitrogens with one attached hydrogen (secondary N) is 1. The molecule has 0 bridgehead atoms. The zero-order chi connectivity index (χ0) is 10.6. The second kappa shape index (κ2) is 5.51. The standard InChI is InChI=1S/C10H20N2OS/c1-8(2)12(6-7-13-3)10(14)11-9-4-5-9/h8-9H,4-7H2,1-3H3,(H,11,14). The molecule has 0 spiro atoms. The van der Waals surface area contributed by atoms with E-state index < -0.39 is 0 Å². The second-order valence-corrected chi connectivity index (χ2v) is 4.39. The second-order valence-electron chi connectivity index (χ2n) is 4.00. The molecule has 0 unspecified atom stereocenters. The van der Waals surface area contributed by atoms with E-state index in [1.807, 2.05) is 0 Å². The Morgan fingerprint density at radius 1 is 1.57 bits per heavy atom. The van der Waals surface area contributed by atoms with Crippen LogP contribution in [-0.2, 0) is 4.74 Å². The number of hydrogen-bond donors (Lipinski definition) is 1. The summed E-state index contributed by atoms with van der Waals surface area (Å²) in [7, 11) is 1.72. The zero-order valence-electron chi connectivity index (χ0n) is 9.25. The summed E-state index contributed by atoms with van der Waals surface area (Å²) < 4.78 is 5.06. The molecule has 0 saturated heterocycles. The third-order valence-corrected chi connectivity index (χ3v) is 2.68. The molecule has 0 aliphatic heterocycles. The first-order valence-corrected chi connectivity index (χ1v) is 5.62. The van der Waals surface area contributed by atoms with Crippen molar-refractivity contribution < 1.29 is 4.74 Å². The summed E-state index contributed by atoms with van der Waals surface area (Å²) in [6.07, 6.45) is 2.52. The Labute approximate surface area is 91.8 Å². The predicted molar refractivity (Wildman–Crippen MR) is 62.5 cm³/mol. The molecule has 1 aliphatic carbocycles. The van der Waals surface area contributed by atoms with Gasteiger partial charge >= 0.3 is 0 Å². The molecular weight excluding hydrogens is 196 g/mol. The first-order valence-electron chi connectivity index (χ1n) is 5.21. The molecular formula is C10H20N2OS. The number of ether oxygens (including phenoxy) is 1. The van der Waals surface area contributed by atoms with Crippen LogP contribution in [0.5, 0.6) is 0 Å². The molecule has 0 aromatic carbocycles. The molecule has 0 amide bonds. The van der Waals surface area contributed by atoms with Gasteiger partial charge in [-0.25, -0.2) is 0 Å². The van der Waals surface area contributed by atoms with E-state index >= 15 is 0 Å². The van der Waals surface area contributed by atoms with Gasteiger partial charge in [-0.05, 0) is 38.9 Å². The Balaban J connectivity index is 2.34. The molecule has 1 saturated carbocycles. The fraction of sp³-hybridized carbons (Fsp3) is 0.900. The van der Waals surface area contributed by atoms with E-state index in [0.717, 1.165) is 18.3 Å². The Morgan fingerprint density at radius 3 is 2.64 bits per heavy atom. The topological polar surface area (TPSA) is 24.5 Å². The van der Waals surface area contributed by atoms with E-state index in [0.29, 0.717) is 12.1 Å². The maximum Gasteiger partial charge on any atom is 0.169 e. The number of thiocarbonyl (C=S) groups is 1. The van der Waals surface area contributed by atoms with Crippen LogP contribution >= 0.6 is 12.2 Å². The molecule has 3 nitrogen and oxygen atoms in total. The van der Waals surface area contributed by atoms with E-state index in [2.05, 4.69) is 24.1 Å². The van der Waals surface area contributed by atoms with E-state index in [1.54, 1.807) is 7.11 Å². The highest BCUT2D eigenvalue weighted by atomic mass is 32.1. The average Bonchev–Trinajstić information content (AvgIpc) is 2.88. The normalized spacial score (nSPS) is 15.7. The van der Waals surface area contributed by atoms with Gasteiger partial charge in [-0.15, -0.1) is 0 Å². The number of methoxy groups -OCH3 is 1. The minimum atomic E-state index is 0.434. The van der Waals surface area contributed by atoms with Crippen molar-refractivity contribution in [1.82, 2.24) is 10.2 Å². The third-order valence-electron chi connectivity index (χ3n) is 2.33. The van der Waals surface area contributed by atoms with Crippen molar-refractivity contribution in [3.63, 3.8) is 0 Å². The first kappa shape index (κ1) is 11.7. The van der Waals surface area contributed by atoms with E-state index in [4.69, 9.17) is 17.0 Å². The van der Waals surface area contributed by atoms with Crippen molar-refractivity contribution >= 4 is 17.3 Å². The van der Waals surface area contributed by atoms with Crippen LogP contribution in [0.2, 0.25) is 0 Å². The highest BCUT2D eigenvalue weighted by Crippen LogP contribution is 2.19. The summed E-state index contributed by atoms with van der Waals surface area (Å²) >= 11 is 5.34. The van der Waals surface area contributed by atoms with Crippen molar-refractivity contribution in [3.05, 3.63) is 0 Å². The van der Waals surface area contributed by atoms with Crippen molar-refractivity contribution in [2.75, 3.05) is 20.3 Å². The van der Waals surface area contributed by atoms with Gasteiger partial charge in [-0.2, -0.15) is 0 Å². The van der Waals surface area contributed by atoms with E-state index in [-0.39, 0.29) is 0 Å². The maximum absolute atomic E-state index is 5.34. The summed E-state index contributed by atoms with van der Waals surface area (Å²) in [6.45, 7) is 5.89. The van der Waals surface area contributed by atoms with Crippen molar-refractivity contribution in [1.29, 1.82) is 0 Å². The molecule has 0 atom stereocenters. The van der Waals surface area contributed by atoms with E-state index in [1.165, 1.54) is 12.8 Å². The smallest absolute Gasteiger partial charge is 0.169 e. The lowest BCUT2D eigenvalue weighted by Gasteiger charge is -2.29. The van der Waals surface area contributed by atoms with Crippen LogP contribution in [0.15, 0.2) is 0 Å². The van der Waals surface area contributed by atoms with E-state index in [9.17, 15) is 0 Å². The minimum absolute atomic E-state index is 0.434. The molecule has 0 heterocycles. The molecule has 0 aromatic heterocycles. The van der Waals surface area contributed by atoms with Gasteiger partial charge in [0.2, 0.25) is 0 Å². The molecule has 1 fully saturated rings. The summed E-state index contributed by atoms with van der Waals surface area (Å²) in [5.41, 5.74) is 0. The van der Waals surface area contributed by atoms with Gasteiger partial charge in [0, 0.05) is 25.7 Å². The summed E-state index contributed by atoms with van der Waals surface area (Å²) in [5, 5.41) is 4.22.